The molecule has 0 saturated heterocycles. The highest BCUT2D eigenvalue weighted by atomic mass is 16.4. The lowest BCUT2D eigenvalue weighted by Gasteiger charge is -2.29. The van der Waals surface area contributed by atoms with Gasteiger partial charge in [-0.25, -0.2) is 4.79 Å². The minimum absolute atomic E-state index is 0.234. The molecule has 0 fully saturated rings. The highest BCUT2D eigenvalue weighted by Crippen LogP contribution is 2.27. The van der Waals surface area contributed by atoms with Gasteiger partial charge in [0.2, 0.25) is 0 Å². The first-order valence-electron chi connectivity index (χ1n) is 12.1. The van der Waals surface area contributed by atoms with Crippen LogP contribution < -0.4 is 10.9 Å². The summed E-state index contributed by atoms with van der Waals surface area (Å²) in [5.41, 5.74) is 0.922. The Bertz CT molecular complexity index is 1150. The number of carboxylic acids is 1. The van der Waals surface area contributed by atoms with Crippen LogP contribution in [0.3, 0.4) is 0 Å². The third kappa shape index (κ3) is 5.66. The summed E-state index contributed by atoms with van der Waals surface area (Å²) in [5, 5.41) is 14.0. The molecule has 2 aromatic carbocycles. The number of pyridine rings is 1. The van der Waals surface area contributed by atoms with E-state index in [-0.39, 0.29) is 5.56 Å². The summed E-state index contributed by atoms with van der Waals surface area (Å²) < 4.78 is 1.48. The average Bonchev–Trinajstić information content (AvgIpc) is 2.83. The van der Waals surface area contributed by atoms with Gasteiger partial charge in [0.1, 0.15) is 5.56 Å². The van der Waals surface area contributed by atoms with Gasteiger partial charge in [-0.05, 0) is 45.1 Å². The summed E-state index contributed by atoms with van der Waals surface area (Å²) in [5.74, 6) is -1.23. The van der Waals surface area contributed by atoms with Crippen molar-refractivity contribution in [3.63, 3.8) is 0 Å². The monoisotopic (exact) mass is 464 g/mol. The van der Waals surface area contributed by atoms with Crippen molar-refractivity contribution in [3.05, 3.63) is 70.5 Å². The first-order chi connectivity index (χ1) is 16.4. The van der Waals surface area contributed by atoms with Crippen molar-refractivity contribution in [1.29, 1.82) is 0 Å². The summed E-state index contributed by atoms with van der Waals surface area (Å²) in [4.78, 5) is 30.4. The molecule has 0 saturated carbocycles. The van der Waals surface area contributed by atoms with E-state index in [9.17, 15) is 14.7 Å². The van der Waals surface area contributed by atoms with E-state index in [0.717, 1.165) is 32.7 Å². The van der Waals surface area contributed by atoms with Crippen LogP contribution in [0.4, 0.5) is 5.69 Å². The van der Waals surface area contributed by atoms with Crippen LogP contribution >= 0.6 is 0 Å². The maximum absolute atomic E-state index is 13.4. The Morgan fingerprint density at radius 2 is 1.62 bits per heavy atom. The first-order valence-corrected chi connectivity index (χ1v) is 12.1. The molecule has 182 valence electrons. The Morgan fingerprint density at radius 3 is 2.24 bits per heavy atom. The van der Waals surface area contributed by atoms with Crippen molar-refractivity contribution >= 4 is 22.6 Å². The molecule has 7 nitrogen and oxygen atoms in total. The number of aromatic nitrogens is 1. The van der Waals surface area contributed by atoms with Gasteiger partial charge in [-0.15, -0.1) is 0 Å². The van der Waals surface area contributed by atoms with Gasteiger partial charge in [0.25, 0.3) is 5.56 Å². The van der Waals surface area contributed by atoms with E-state index < -0.39 is 11.5 Å². The molecule has 0 aliphatic heterocycles. The lowest BCUT2D eigenvalue weighted by molar-refractivity contribution is 0.0696. The van der Waals surface area contributed by atoms with Gasteiger partial charge >= 0.3 is 5.97 Å². The van der Waals surface area contributed by atoms with Gasteiger partial charge in [-0.1, -0.05) is 50.2 Å². The normalized spacial score (nSPS) is 11.6. The number of hydrogen-bond acceptors (Lipinski definition) is 5. The highest BCUT2D eigenvalue weighted by Gasteiger charge is 2.23. The van der Waals surface area contributed by atoms with Gasteiger partial charge in [-0.3, -0.25) is 14.3 Å². The molecule has 3 aromatic rings. The minimum atomic E-state index is -1.23. The van der Waals surface area contributed by atoms with Crippen molar-refractivity contribution in [3.8, 4) is 5.69 Å². The fraction of sp³-hybridized carbons (Fsp3) is 0.407. The average molecular weight is 465 g/mol. The Labute approximate surface area is 201 Å². The number of para-hydroxylation sites is 2. The number of nitrogens with one attached hydrogen (secondary N) is 1. The zero-order chi connectivity index (χ0) is 24.7. The second-order valence-corrected chi connectivity index (χ2v) is 8.63. The number of nitrogens with zero attached hydrogens (tertiary/aromatic N) is 3. The van der Waals surface area contributed by atoms with E-state index in [1.54, 1.807) is 0 Å². The van der Waals surface area contributed by atoms with Crippen molar-refractivity contribution in [1.82, 2.24) is 14.4 Å². The van der Waals surface area contributed by atoms with E-state index in [4.69, 9.17) is 0 Å². The standard InChI is InChI=1S/C27H36N4O3/c1-5-29(6-2)18-19-30(20(3)4)17-16-28-25-22-14-10-11-15-23(22)31(21-12-8-7-9-13-21)26(32)24(25)27(33)34/h7-15,20,28H,5-6,16-19H2,1-4H3,(H,33,34). The molecule has 3 rings (SSSR count). The number of carboxylic acid groups (broad SMARTS) is 1. The lowest BCUT2D eigenvalue weighted by Crippen LogP contribution is -2.41. The second kappa shape index (κ2) is 11.8. The zero-order valence-electron chi connectivity index (χ0n) is 20.6. The smallest absolute Gasteiger partial charge is 0.343 e. The Balaban J connectivity index is 1.94. The van der Waals surface area contributed by atoms with Crippen LogP contribution in [0.5, 0.6) is 0 Å². The van der Waals surface area contributed by atoms with E-state index in [0.29, 0.717) is 34.9 Å². The predicted octanol–water partition coefficient (Wildman–Crippen LogP) is 4.15. The Kier molecular flexibility index (Phi) is 8.85. The van der Waals surface area contributed by atoms with Crippen molar-refractivity contribution in [2.24, 2.45) is 0 Å². The quantitative estimate of drug-likeness (QED) is 0.419. The van der Waals surface area contributed by atoms with E-state index >= 15 is 0 Å². The molecule has 1 heterocycles. The summed E-state index contributed by atoms with van der Waals surface area (Å²) in [6.45, 7) is 13.9. The van der Waals surface area contributed by atoms with Crippen LogP contribution in [-0.4, -0.2) is 70.8 Å². The van der Waals surface area contributed by atoms with Gasteiger partial charge < -0.3 is 15.3 Å². The number of fused-ring (bicyclic) bond motifs is 1. The van der Waals surface area contributed by atoms with Crippen molar-refractivity contribution < 1.29 is 9.90 Å². The number of anilines is 1. The number of rotatable bonds is 12. The molecule has 0 bridgehead atoms. The fourth-order valence-electron chi connectivity index (χ4n) is 4.32. The van der Waals surface area contributed by atoms with Crippen LogP contribution in [0.15, 0.2) is 59.4 Å². The number of benzene rings is 2. The molecule has 0 amide bonds. The Morgan fingerprint density at radius 1 is 0.971 bits per heavy atom. The zero-order valence-corrected chi connectivity index (χ0v) is 20.6. The first kappa shape index (κ1) is 25.5. The third-order valence-electron chi connectivity index (χ3n) is 6.34. The molecule has 0 aliphatic carbocycles. The summed E-state index contributed by atoms with van der Waals surface area (Å²) in [6.07, 6.45) is 0. The van der Waals surface area contributed by atoms with Crippen molar-refractivity contribution in [2.75, 3.05) is 44.6 Å². The number of likely N-dealkylation sites (N-methyl/N-ethyl adjacent to an activating group) is 1. The van der Waals surface area contributed by atoms with Crippen LogP contribution in [0.1, 0.15) is 38.1 Å². The fourth-order valence-corrected chi connectivity index (χ4v) is 4.32. The molecule has 7 heteroatoms. The molecule has 0 radical (unpaired) electrons. The van der Waals surface area contributed by atoms with Crippen LogP contribution in [-0.2, 0) is 0 Å². The maximum atomic E-state index is 13.4. The lowest BCUT2D eigenvalue weighted by atomic mass is 10.1. The molecule has 1 aromatic heterocycles. The van der Waals surface area contributed by atoms with Crippen LogP contribution in [0.2, 0.25) is 0 Å². The number of hydrogen-bond donors (Lipinski definition) is 2. The predicted molar refractivity (Wildman–Crippen MR) is 139 cm³/mol. The minimum Gasteiger partial charge on any atom is -0.477 e. The SMILES string of the molecule is CCN(CC)CCN(CCNc1c(C(=O)O)c(=O)n(-c2ccccc2)c2ccccc12)C(C)C. The number of carbonyl (C=O) groups is 1. The molecule has 0 unspecified atom stereocenters. The second-order valence-electron chi connectivity index (χ2n) is 8.63. The largest absolute Gasteiger partial charge is 0.477 e. The topological polar surface area (TPSA) is 77.8 Å². The van der Waals surface area contributed by atoms with Gasteiger partial charge in [0, 0.05) is 43.3 Å². The van der Waals surface area contributed by atoms with E-state index in [1.165, 1.54) is 4.57 Å². The molecule has 0 atom stereocenters. The van der Waals surface area contributed by atoms with Gasteiger partial charge in [0.05, 0.1) is 11.2 Å². The highest BCUT2D eigenvalue weighted by molar-refractivity contribution is 6.04. The summed E-state index contributed by atoms with van der Waals surface area (Å²) in [6, 6.07) is 17.0. The van der Waals surface area contributed by atoms with Crippen LogP contribution in [0.25, 0.3) is 16.6 Å². The van der Waals surface area contributed by atoms with Crippen LogP contribution in [0, 0.1) is 0 Å². The van der Waals surface area contributed by atoms with Gasteiger partial charge in [0.15, 0.2) is 0 Å². The maximum Gasteiger partial charge on any atom is 0.343 e. The molecule has 2 N–H and O–H groups in total. The van der Waals surface area contributed by atoms with E-state index in [1.807, 2.05) is 54.6 Å². The molecule has 0 aliphatic rings. The van der Waals surface area contributed by atoms with Crippen molar-refractivity contribution in [2.45, 2.75) is 33.7 Å². The molecular weight excluding hydrogens is 428 g/mol. The Hall–Kier alpha value is -3.16. The summed E-state index contributed by atoms with van der Waals surface area (Å²) >= 11 is 0. The molecule has 34 heavy (non-hydrogen) atoms. The molecule has 0 spiro atoms. The molecular formula is C27H36N4O3. The van der Waals surface area contributed by atoms with E-state index in [2.05, 4.69) is 42.8 Å². The summed E-state index contributed by atoms with van der Waals surface area (Å²) in [7, 11) is 0. The third-order valence-corrected chi connectivity index (χ3v) is 6.34. The van der Waals surface area contributed by atoms with Gasteiger partial charge in [-0.2, -0.15) is 0 Å². The number of aromatic carboxylic acids is 1.